The Morgan fingerprint density at radius 1 is 0.367 bits per heavy atom. The SMILES string of the molecule is CCCCCCC/C=C\C/C=C\CCCCCCCCCCCCCCCCCCCCCC(=O)NC(COC1OC(CO)C(OC2OC(CO)C(OC3OC(CO)C(O)C(O)C3O)C(O)C2O)C(O)C1O)C(O)/C=C/CC/C=C/CC/C=C/CCCCCCCCCCCCCC. The lowest BCUT2D eigenvalue weighted by atomic mass is 9.96. The summed E-state index contributed by atoms with van der Waals surface area (Å²) in [6.07, 6.45) is 49.2. The highest BCUT2D eigenvalue weighted by atomic mass is 16.8. The summed E-state index contributed by atoms with van der Waals surface area (Å²) in [6.45, 7) is 1.73. The van der Waals surface area contributed by atoms with Gasteiger partial charge < -0.3 is 89.9 Å². The van der Waals surface area contributed by atoms with Crippen LogP contribution in [0.3, 0.4) is 0 Å². The van der Waals surface area contributed by atoms with E-state index in [4.69, 9.17) is 28.4 Å². The molecule has 19 heteroatoms. The molecule has 3 aliphatic rings. The molecule has 0 aromatic carbocycles. The van der Waals surface area contributed by atoms with Gasteiger partial charge in [-0.25, -0.2) is 0 Å². The molecule has 3 aliphatic heterocycles. The van der Waals surface area contributed by atoms with Crippen molar-refractivity contribution in [3.63, 3.8) is 0 Å². The maximum Gasteiger partial charge on any atom is 0.220 e. The van der Waals surface area contributed by atoms with Crippen LogP contribution in [0.1, 0.15) is 303 Å². The standard InChI is InChI=1S/C79H143NO18/c1-3-5-7-9-11-13-15-17-19-21-23-25-27-28-29-30-31-32-33-34-35-37-39-41-43-45-47-49-51-53-55-57-67(85)80-62(63(84)56-54-52-50-48-46-44-42-40-38-36-26-24-22-20-18-16-14-12-10-8-6-4-2)61-93-77-73(91)70(88)75(65(59-82)95-77)98-79-74(92)71(89)76(66(60-83)96-79)97-78-72(90)69(87)68(86)64(58-81)94-78/h15,17,21,23,38,40,46,48,54,56,62-66,68-79,81-84,86-92H,3-14,16,18-20,22,24-37,39,41-45,47,49-53,55,57-61H2,1-2H3,(H,80,85)/b17-15-,23-21-,40-38+,48-46+,56-54+. The molecular formula is C79H143NO18. The van der Waals surface area contributed by atoms with Crippen LogP contribution < -0.4 is 5.32 Å². The third-order valence-corrected chi connectivity index (χ3v) is 19.5. The van der Waals surface area contributed by atoms with Crippen LogP contribution in [0, 0.1) is 0 Å². The molecule has 572 valence electrons. The first kappa shape index (κ1) is 89.7. The van der Waals surface area contributed by atoms with E-state index in [0.29, 0.717) is 12.8 Å². The van der Waals surface area contributed by atoms with Crippen molar-refractivity contribution in [1.29, 1.82) is 0 Å². The Morgan fingerprint density at radius 3 is 1.08 bits per heavy atom. The van der Waals surface area contributed by atoms with Crippen molar-refractivity contribution in [2.45, 2.75) is 407 Å². The average Bonchev–Trinajstić information content (AvgIpc) is 0.785. The van der Waals surface area contributed by atoms with Crippen molar-refractivity contribution in [1.82, 2.24) is 5.32 Å². The molecule has 0 saturated carbocycles. The lowest BCUT2D eigenvalue weighted by Crippen LogP contribution is -2.66. The molecule has 3 fully saturated rings. The molecule has 12 N–H and O–H groups in total. The Kier molecular flexibility index (Phi) is 54.8. The number of hydrogen-bond donors (Lipinski definition) is 12. The smallest absolute Gasteiger partial charge is 0.220 e. The normalized spacial score (nSPS) is 27.1. The van der Waals surface area contributed by atoms with Gasteiger partial charge in [0.2, 0.25) is 5.91 Å². The number of rotatable bonds is 62. The Hall–Kier alpha value is -2.51. The Balaban J connectivity index is 1.39. The van der Waals surface area contributed by atoms with Crippen molar-refractivity contribution in [3.8, 4) is 0 Å². The second kappa shape index (κ2) is 59.8. The molecule has 0 spiro atoms. The lowest BCUT2D eigenvalue weighted by molar-refractivity contribution is -0.379. The van der Waals surface area contributed by atoms with Gasteiger partial charge in [0.15, 0.2) is 18.9 Å². The molecule has 0 aromatic heterocycles. The number of aliphatic hydroxyl groups excluding tert-OH is 11. The fourth-order valence-electron chi connectivity index (χ4n) is 13.1. The van der Waals surface area contributed by atoms with Crippen LogP contribution in [0.2, 0.25) is 0 Å². The topological polar surface area (TPSA) is 307 Å². The highest BCUT2D eigenvalue weighted by Crippen LogP contribution is 2.33. The van der Waals surface area contributed by atoms with Gasteiger partial charge >= 0.3 is 0 Å². The van der Waals surface area contributed by atoms with E-state index in [1.807, 2.05) is 6.08 Å². The molecule has 3 saturated heterocycles. The third kappa shape index (κ3) is 39.9. The molecule has 0 aromatic rings. The summed E-state index contributed by atoms with van der Waals surface area (Å²) in [5.41, 5.74) is 0. The molecule has 3 heterocycles. The number of allylic oxidation sites excluding steroid dienone is 9. The second-order valence-corrected chi connectivity index (χ2v) is 28.2. The molecule has 17 unspecified atom stereocenters. The van der Waals surface area contributed by atoms with E-state index < -0.39 is 124 Å². The zero-order chi connectivity index (χ0) is 71.1. The van der Waals surface area contributed by atoms with E-state index in [1.165, 1.54) is 218 Å². The molecule has 3 rings (SSSR count). The minimum Gasteiger partial charge on any atom is -0.394 e. The van der Waals surface area contributed by atoms with Crippen LogP contribution in [0.15, 0.2) is 60.8 Å². The van der Waals surface area contributed by atoms with Crippen molar-refractivity contribution in [3.05, 3.63) is 60.8 Å². The van der Waals surface area contributed by atoms with Gasteiger partial charge in [0.25, 0.3) is 0 Å². The van der Waals surface area contributed by atoms with Gasteiger partial charge in [-0.1, -0.05) is 280 Å². The van der Waals surface area contributed by atoms with E-state index in [0.717, 1.165) is 51.4 Å². The van der Waals surface area contributed by atoms with Crippen molar-refractivity contribution < 1.29 is 89.4 Å². The number of amides is 1. The summed E-state index contributed by atoms with van der Waals surface area (Å²) in [5.74, 6) is -0.286. The monoisotopic (exact) mass is 1390 g/mol. The predicted octanol–water partition coefficient (Wildman–Crippen LogP) is 12.7. The summed E-state index contributed by atoms with van der Waals surface area (Å²) < 4.78 is 34.4. The predicted molar refractivity (Wildman–Crippen MR) is 388 cm³/mol. The van der Waals surface area contributed by atoms with Gasteiger partial charge in [0, 0.05) is 6.42 Å². The van der Waals surface area contributed by atoms with Gasteiger partial charge in [-0.3, -0.25) is 4.79 Å². The number of aliphatic hydroxyl groups is 11. The number of unbranched alkanes of at least 4 members (excludes halogenated alkanes) is 38. The number of ether oxygens (including phenoxy) is 6. The van der Waals surface area contributed by atoms with E-state index in [2.05, 4.69) is 67.8 Å². The lowest BCUT2D eigenvalue weighted by Gasteiger charge is -2.48. The van der Waals surface area contributed by atoms with Gasteiger partial charge in [-0.15, -0.1) is 0 Å². The van der Waals surface area contributed by atoms with E-state index in [9.17, 15) is 61.0 Å². The minimum atomic E-state index is -1.98. The molecule has 17 atom stereocenters. The first-order valence-electron chi connectivity index (χ1n) is 39.5. The van der Waals surface area contributed by atoms with E-state index in [1.54, 1.807) is 6.08 Å². The largest absolute Gasteiger partial charge is 0.394 e. The highest BCUT2D eigenvalue weighted by Gasteiger charge is 2.53. The molecule has 0 bridgehead atoms. The first-order valence-corrected chi connectivity index (χ1v) is 39.5. The molecular weight excluding hydrogens is 1250 g/mol. The fourth-order valence-corrected chi connectivity index (χ4v) is 13.1. The highest BCUT2D eigenvalue weighted by molar-refractivity contribution is 5.76. The summed E-state index contributed by atoms with van der Waals surface area (Å²) >= 11 is 0. The van der Waals surface area contributed by atoms with Crippen molar-refractivity contribution in [2.24, 2.45) is 0 Å². The van der Waals surface area contributed by atoms with Crippen LogP contribution in [0.5, 0.6) is 0 Å². The molecule has 98 heavy (non-hydrogen) atoms. The molecule has 1 amide bonds. The maximum atomic E-state index is 13.5. The molecule has 19 nitrogen and oxygen atoms in total. The van der Waals surface area contributed by atoms with Crippen molar-refractivity contribution in [2.75, 3.05) is 26.4 Å². The van der Waals surface area contributed by atoms with E-state index in [-0.39, 0.29) is 18.9 Å². The maximum absolute atomic E-state index is 13.5. The number of carbonyl (C=O) groups is 1. The van der Waals surface area contributed by atoms with Crippen molar-refractivity contribution >= 4 is 5.91 Å². The average molecular weight is 1400 g/mol. The first-order chi connectivity index (χ1) is 47.8. The zero-order valence-corrected chi connectivity index (χ0v) is 61.0. The Morgan fingerprint density at radius 2 is 0.684 bits per heavy atom. The van der Waals surface area contributed by atoms with Crippen LogP contribution in [-0.2, 0) is 33.2 Å². The summed E-state index contributed by atoms with van der Waals surface area (Å²) in [4.78, 5) is 13.5. The Labute approximate surface area is 592 Å². The third-order valence-electron chi connectivity index (χ3n) is 19.5. The fraction of sp³-hybridized carbons (Fsp3) is 0.861. The number of nitrogens with one attached hydrogen (secondary N) is 1. The quantitative estimate of drug-likeness (QED) is 0.0199. The van der Waals surface area contributed by atoms with E-state index >= 15 is 0 Å². The van der Waals surface area contributed by atoms with Crippen LogP contribution in [0.25, 0.3) is 0 Å². The van der Waals surface area contributed by atoms with Gasteiger partial charge in [0.1, 0.15) is 73.2 Å². The Bertz CT molecular complexity index is 2010. The minimum absolute atomic E-state index is 0.233. The van der Waals surface area contributed by atoms with Gasteiger partial charge in [-0.05, 0) is 77.0 Å². The van der Waals surface area contributed by atoms with Gasteiger partial charge in [-0.2, -0.15) is 0 Å². The molecule has 0 aliphatic carbocycles. The second-order valence-electron chi connectivity index (χ2n) is 28.2. The number of hydrogen-bond acceptors (Lipinski definition) is 18. The summed E-state index contributed by atoms with van der Waals surface area (Å²) in [6, 6.07) is -0.998. The number of carbonyl (C=O) groups excluding carboxylic acids is 1. The summed E-state index contributed by atoms with van der Waals surface area (Å²) in [5, 5.41) is 121. The van der Waals surface area contributed by atoms with Crippen LogP contribution in [0.4, 0.5) is 0 Å². The van der Waals surface area contributed by atoms with Crippen LogP contribution in [-0.4, -0.2) is 193 Å². The summed E-state index contributed by atoms with van der Waals surface area (Å²) in [7, 11) is 0. The van der Waals surface area contributed by atoms with Gasteiger partial charge in [0.05, 0.1) is 38.6 Å². The zero-order valence-electron chi connectivity index (χ0n) is 61.0. The molecule has 0 radical (unpaired) electrons. The van der Waals surface area contributed by atoms with Crippen LogP contribution >= 0.6 is 0 Å².